The number of hydrogen-bond acceptors (Lipinski definition) is 2. The van der Waals surface area contributed by atoms with E-state index in [0.29, 0.717) is 12.6 Å². The number of nitrogens with one attached hydrogen (secondary N) is 1. The van der Waals surface area contributed by atoms with E-state index in [1.165, 1.54) is 16.7 Å². The second-order valence-electron chi connectivity index (χ2n) is 5.22. The summed E-state index contributed by atoms with van der Waals surface area (Å²) in [6, 6.07) is 17.6. The molecule has 1 atom stereocenters. The maximum absolute atomic E-state index is 5.50. The predicted molar refractivity (Wildman–Crippen MR) is 88.9 cm³/mol. The lowest BCUT2D eigenvalue weighted by Crippen LogP contribution is -2.18. The molecule has 2 aromatic carbocycles. The highest BCUT2D eigenvalue weighted by Crippen LogP contribution is 2.21. The molecule has 0 radical (unpaired) electrons. The average molecular weight is 283 g/mol. The minimum atomic E-state index is 0.327. The SMILES string of the molecule is CCOc1ccc(C(Cc2ccc(CC)cc2)NC)cc1. The Balaban J connectivity index is 2.07. The smallest absolute Gasteiger partial charge is 0.119 e. The minimum Gasteiger partial charge on any atom is -0.494 e. The molecule has 1 N–H and O–H groups in total. The summed E-state index contributed by atoms with van der Waals surface area (Å²) in [7, 11) is 2.02. The van der Waals surface area contributed by atoms with E-state index < -0.39 is 0 Å². The van der Waals surface area contributed by atoms with Crippen molar-refractivity contribution in [3.05, 3.63) is 65.2 Å². The van der Waals surface area contributed by atoms with Crippen LogP contribution in [-0.2, 0) is 12.8 Å². The molecule has 0 fully saturated rings. The van der Waals surface area contributed by atoms with Crippen molar-refractivity contribution in [1.82, 2.24) is 5.32 Å². The van der Waals surface area contributed by atoms with Gasteiger partial charge in [-0.1, -0.05) is 43.3 Å². The summed E-state index contributed by atoms with van der Waals surface area (Å²) in [5.74, 6) is 0.934. The van der Waals surface area contributed by atoms with Crippen molar-refractivity contribution in [3.8, 4) is 5.75 Å². The van der Waals surface area contributed by atoms with Gasteiger partial charge in [0.15, 0.2) is 0 Å². The average Bonchev–Trinajstić information content (AvgIpc) is 2.54. The topological polar surface area (TPSA) is 21.3 Å². The van der Waals surface area contributed by atoms with Crippen LogP contribution in [0.25, 0.3) is 0 Å². The zero-order valence-electron chi connectivity index (χ0n) is 13.2. The van der Waals surface area contributed by atoms with Crippen molar-refractivity contribution in [2.45, 2.75) is 32.7 Å². The van der Waals surface area contributed by atoms with Gasteiger partial charge in [0.25, 0.3) is 0 Å². The number of ether oxygens (including phenoxy) is 1. The third-order valence-corrected chi connectivity index (χ3v) is 3.81. The highest BCUT2D eigenvalue weighted by atomic mass is 16.5. The Morgan fingerprint density at radius 2 is 1.52 bits per heavy atom. The maximum Gasteiger partial charge on any atom is 0.119 e. The van der Waals surface area contributed by atoms with Crippen LogP contribution in [0.2, 0.25) is 0 Å². The van der Waals surface area contributed by atoms with Crippen molar-refractivity contribution in [3.63, 3.8) is 0 Å². The molecule has 0 saturated carbocycles. The van der Waals surface area contributed by atoms with Gasteiger partial charge in [-0.3, -0.25) is 0 Å². The van der Waals surface area contributed by atoms with E-state index in [9.17, 15) is 0 Å². The fraction of sp³-hybridized carbons (Fsp3) is 0.368. The van der Waals surface area contributed by atoms with Crippen LogP contribution in [0, 0.1) is 0 Å². The summed E-state index contributed by atoms with van der Waals surface area (Å²) in [4.78, 5) is 0. The van der Waals surface area contributed by atoms with Gasteiger partial charge in [-0.2, -0.15) is 0 Å². The molecular formula is C19H25NO. The Morgan fingerprint density at radius 1 is 0.905 bits per heavy atom. The molecule has 0 amide bonds. The first-order valence-corrected chi connectivity index (χ1v) is 7.74. The Hall–Kier alpha value is -1.80. The van der Waals surface area contributed by atoms with Gasteiger partial charge in [0, 0.05) is 6.04 Å². The molecule has 0 aliphatic rings. The molecule has 2 heteroatoms. The van der Waals surface area contributed by atoms with E-state index in [2.05, 4.69) is 48.6 Å². The molecule has 0 aliphatic heterocycles. The van der Waals surface area contributed by atoms with Crippen molar-refractivity contribution in [1.29, 1.82) is 0 Å². The molecule has 112 valence electrons. The van der Waals surface area contributed by atoms with Crippen LogP contribution in [0.5, 0.6) is 5.75 Å². The lowest BCUT2D eigenvalue weighted by molar-refractivity contribution is 0.340. The Labute approximate surface area is 128 Å². The molecule has 0 heterocycles. The molecule has 2 aromatic rings. The zero-order valence-corrected chi connectivity index (χ0v) is 13.2. The molecular weight excluding hydrogens is 258 g/mol. The number of aryl methyl sites for hydroxylation is 1. The number of rotatable bonds is 7. The summed E-state index contributed by atoms with van der Waals surface area (Å²) in [6.07, 6.45) is 2.09. The summed E-state index contributed by atoms with van der Waals surface area (Å²) >= 11 is 0. The van der Waals surface area contributed by atoms with Gasteiger partial charge in [0.05, 0.1) is 6.61 Å². The third kappa shape index (κ3) is 4.33. The highest BCUT2D eigenvalue weighted by Gasteiger charge is 2.10. The molecule has 2 rings (SSSR count). The van der Waals surface area contributed by atoms with Crippen molar-refractivity contribution >= 4 is 0 Å². The molecule has 21 heavy (non-hydrogen) atoms. The van der Waals surface area contributed by atoms with Crippen LogP contribution < -0.4 is 10.1 Å². The Kier molecular flexibility index (Phi) is 5.82. The summed E-state index contributed by atoms with van der Waals surface area (Å²) in [6.45, 7) is 4.90. The van der Waals surface area contributed by atoms with Crippen LogP contribution in [-0.4, -0.2) is 13.7 Å². The zero-order chi connectivity index (χ0) is 15.1. The minimum absolute atomic E-state index is 0.327. The van der Waals surface area contributed by atoms with Gasteiger partial charge in [-0.05, 0) is 55.6 Å². The number of hydrogen-bond donors (Lipinski definition) is 1. The molecule has 1 unspecified atom stereocenters. The fourth-order valence-corrected chi connectivity index (χ4v) is 2.50. The number of benzene rings is 2. The van der Waals surface area contributed by atoms with Crippen LogP contribution in [0.1, 0.15) is 36.6 Å². The summed E-state index contributed by atoms with van der Waals surface area (Å²) < 4.78 is 5.50. The van der Waals surface area contributed by atoms with Gasteiger partial charge in [-0.15, -0.1) is 0 Å². The van der Waals surface area contributed by atoms with Gasteiger partial charge in [0.2, 0.25) is 0 Å². The van der Waals surface area contributed by atoms with Crippen LogP contribution in [0.15, 0.2) is 48.5 Å². The van der Waals surface area contributed by atoms with E-state index >= 15 is 0 Å². The molecule has 0 saturated heterocycles. The number of likely N-dealkylation sites (N-methyl/N-ethyl adjacent to an activating group) is 1. The highest BCUT2D eigenvalue weighted by molar-refractivity contribution is 5.31. The monoisotopic (exact) mass is 283 g/mol. The Morgan fingerprint density at radius 3 is 2.05 bits per heavy atom. The second kappa shape index (κ2) is 7.84. The predicted octanol–water partition coefficient (Wildman–Crippen LogP) is 4.15. The van der Waals surface area contributed by atoms with Crippen LogP contribution >= 0.6 is 0 Å². The quantitative estimate of drug-likeness (QED) is 0.824. The fourth-order valence-electron chi connectivity index (χ4n) is 2.50. The molecule has 0 bridgehead atoms. The lowest BCUT2D eigenvalue weighted by atomic mass is 9.98. The van der Waals surface area contributed by atoms with E-state index in [0.717, 1.165) is 18.6 Å². The van der Waals surface area contributed by atoms with Crippen LogP contribution in [0.3, 0.4) is 0 Å². The Bertz CT molecular complexity index is 530. The molecule has 0 spiro atoms. The third-order valence-electron chi connectivity index (χ3n) is 3.81. The van der Waals surface area contributed by atoms with Crippen molar-refractivity contribution in [2.75, 3.05) is 13.7 Å². The van der Waals surface area contributed by atoms with Gasteiger partial charge < -0.3 is 10.1 Å². The molecule has 0 aliphatic carbocycles. The van der Waals surface area contributed by atoms with E-state index in [4.69, 9.17) is 4.74 Å². The van der Waals surface area contributed by atoms with Crippen LogP contribution in [0.4, 0.5) is 0 Å². The first kappa shape index (κ1) is 15.6. The van der Waals surface area contributed by atoms with Crippen molar-refractivity contribution in [2.24, 2.45) is 0 Å². The van der Waals surface area contributed by atoms with Crippen molar-refractivity contribution < 1.29 is 4.74 Å². The first-order valence-electron chi connectivity index (χ1n) is 7.74. The van der Waals surface area contributed by atoms with E-state index in [-0.39, 0.29) is 0 Å². The summed E-state index contributed by atoms with van der Waals surface area (Å²) in [5.41, 5.74) is 4.04. The van der Waals surface area contributed by atoms with Gasteiger partial charge in [-0.25, -0.2) is 0 Å². The largest absolute Gasteiger partial charge is 0.494 e. The lowest BCUT2D eigenvalue weighted by Gasteiger charge is -2.17. The first-order chi connectivity index (χ1) is 10.3. The molecule has 0 aromatic heterocycles. The second-order valence-corrected chi connectivity index (χ2v) is 5.22. The summed E-state index contributed by atoms with van der Waals surface area (Å²) in [5, 5.41) is 3.41. The van der Waals surface area contributed by atoms with Gasteiger partial charge >= 0.3 is 0 Å². The molecule has 2 nitrogen and oxygen atoms in total. The van der Waals surface area contributed by atoms with E-state index in [1.807, 2.05) is 26.1 Å². The van der Waals surface area contributed by atoms with E-state index in [1.54, 1.807) is 0 Å². The standard InChI is InChI=1S/C19H25NO/c1-4-15-6-8-16(9-7-15)14-19(20-3)17-10-12-18(13-11-17)21-5-2/h6-13,19-20H,4-5,14H2,1-3H3. The van der Waals surface area contributed by atoms with Gasteiger partial charge in [0.1, 0.15) is 5.75 Å². The maximum atomic E-state index is 5.50. The normalized spacial score (nSPS) is 12.1.